The molecule has 24 heavy (non-hydrogen) atoms. The van der Waals surface area contributed by atoms with E-state index < -0.39 is 6.23 Å². The molecule has 1 amide bonds. The second-order valence-corrected chi connectivity index (χ2v) is 7.16. The Labute approximate surface area is 146 Å². The summed E-state index contributed by atoms with van der Waals surface area (Å²) in [5.41, 5.74) is 2.69. The lowest BCUT2D eigenvalue weighted by Crippen LogP contribution is -2.68. The average molecular weight is 343 g/mol. The molecule has 1 spiro atoms. The molecule has 2 aromatic carbocycles. The van der Waals surface area contributed by atoms with Crippen molar-refractivity contribution < 1.29 is 9.90 Å². The first-order valence-electron chi connectivity index (χ1n) is 8.16. The Kier molecular flexibility index (Phi) is 3.83. The maximum Gasteiger partial charge on any atom is 0.253 e. The second-order valence-electron chi connectivity index (χ2n) is 6.73. The SMILES string of the molecule is O=C(c1ccc(-c2cccc(Cl)c2)cc1)N1CC2(CCC(O)N2)C1. The second kappa shape index (κ2) is 5.88. The highest BCUT2D eigenvalue weighted by atomic mass is 35.5. The number of hydrogen-bond donors (Lipinski definition) is 2. The fourth-order valence-corrected chi connectivity index (χ4v) is 3.83. The van der Waals surface area contributed by atoms with Gasteiger partial charge >= 0.3 is 0 Å². The number of carbonyl (C=O) groups excluding carboxylic acids is 1. The summed E-state index contributed by atoms with van der Waals surface area (Å²) in [5.74, 6) is 0.0430. The number of rotatable bonds is 2. The molecule has 2 saturated heterocycles. The van der Waals surface area contributed by atoms with Crippen LogP contribution in [0.25, 0.3) is 11.1 Å². The summed E-state index contributed by atoms with van der Waals surface area (Å²) in [6.07, 6.45) is 1.25. The highest BCUT2D eigenvalue weighted by Gasteiger charge is 2.49. The smallest absolute Gasteiger partial charge is 0.253 e. The van der Waals surface area contributed by atoms with E-state index in [1.165, 1.54) is 0 Å². The summed E-state index contributed by atoms with van der Waals surface area (Å²) in [5, 5.41) is 13.5. The summed E-state index contributed by atoms with van der Waals surface area (Å²) in [6, 6.07) is 15.3. The molecule has 124 valence electrons. The van der Waals surface area contributed by atoms with Crippen molar-refractivity contribution in [2.24, 2.45) is 0 Å². The molecular formula is C19H19ClN2O2. The minimum atomic E-state index is -0.431. The van der Waals surface area contributed by atoms with Crippen LogP contribution in [0.3, 0.4) is 0 Å². The van der Waals surface area contributed by atoms with E-state index in [9.17, 15) is 9.90 Å². The van der Waals surface area contributed by atoms with E-state index in [2.05, 4.69) is 5.32 Å². The molecule has 1 unspecified atom stereocenters. The number of aliphatic hydroxyl groups is 1. The molecule has 0 aliphatic carbocycles. The number of benzene rings is 2. The lowest BCUT2D eigenvalue weighted by Gasteiger charge is -2.48. The summed E-state index contributed by atoms with van der Waals surface area (Å²) in [4.78, 5) is 14.4. The van der Waals surface area contributed by atoms with Gasteiger partial charge in [-0.15, -0.1) is 0 Å². The maximum atomic E-state index is 12.6. The van der Waals surface area contributed by atoms with Gasteiger partial charge in [0.2, 0.25) is 0 Å². The maximum absolute atomic E-state index is 12.6. The average Bonchev–Trinajstić information content (AvgIpc) is 2.95. The molecule has 4 rings (SSSR count). The third kappa shape index (κ3) is 2.81. The van der Waals surface area contributed by atoms with E-state index in [0.29, 0.717) is 23.7 Å². The van der Waals surface area contributed by atoms with Crippen LogP contribution in [-0.2, 0) is 0 Å². The highest BCUT2D eigenvalue weighted by molar-refractivity contribution is 6.30. The van der Waals surface area contributed by atoms with Crippen LogP contribution in [0.5, 0.6) is 0 Å². The molecule has 2 heterocycles. The van der Waals surface area contributed by atoms with Crippen LogP contribution in [0.1, 0.15) is 23.2 Å². The minimum Gasteiger partial charge on any atom is -0.379 e. The normalized spacial score (nSPS) is 21.8. The number of aliphatic hydroxyl groups excluding tert-OH is 1. The van der Waals surface area contributed by atoms with Crippen LogP contribution in [-0.4, -0.2) is 40.8 Å². The molecule has 0 radical (unpaired) electrons. The number of likely N-dealkylation sites (tertiary alicyclic amines) is 1. The van der Waals surface area contributed by atoms with Crippen molar-refractivity contribution in [3.63, 3.8) is 0 Å². The fraction of sp³-hybridized carbons (Fsp3) is 0.316. The minimum absolute atomic E-state index is 0.0430. The zero-order chi connectivity index (χ0) is 16.7. The van der Waals surface area contributed by atoms with Crippen LogP contribution in [0, 0.1) is 0 Å². The highest BCUT2D eigenvalue weighted by Crippen LogP contribution is 2.33. The van der Waals surface area contributed by atoms with Gasteiger partial charge in [-0.1, -0.05) is 35.9 Å². The van der Waals surface area contributed by atoms with Gasteiger partial charge < -0.3 is 10.0 Å². The first-order chi connectivity index (χ1) is 11.5. The van der Waals surface area contributed by atoms with E-state index in [0.717, 1.165) is 24.0 Å². The largest absolute Gasteiger partial charge is 0.379 e. The summed E-state index contributed by atoms with van der Waals surface area (Å²) < 4.78 is 0. The van der Waals surface area contributed by atoms with Crippen molar-refractivity contribution in [1.82, 2.24) is 10.2 Å². The summed E-state index contributed by atoms with van der Waals surface area (Å²) in [6.45, 7) is 1.33. The van der Waals surface area contributed by atoms with E-state index in [1.807, 2.05) is 53.4 Å². The predicted molar refractivity (Wildman–Crippen MR) is 93.9 cm³/mol. The van der Waals surface area contributed by atoms with Crippen molar-refractivity contribution in [3.05, 3.63) is 59.1 Å². The molecule has 1 atom stereocenters. The molecule has 2 N–H and O–H groups in total. The Hall–Kier alpha value is -1.88. The van der Waals surface area contributed by atoms with Gasteiger partial charge in [0.25, 0.3) is 5.91 Å². The van der Waals surface area contributed by atoms with Gasteiger partial charge in [0.1, 0.15) is 6.23 Å². The van der Waals surface area contributed by atoms with Gasteiger partial charge in [-0.25, -0.2) is 0 Å². The Morgan fingerprint density at radius 2 is 1.92 bits per heavy atom. The van der Waals surface area contributed by atoms with Crippen LogP contribution in [0.4, 0.5) is 0 Å². The standard InChI is InChI=1S/C19H19ClN2O2/c20-16-3-1-2-15(10-16)13-4-6-14(7-5-13)18(24)22-11-19(12-22)9-8-17(23)21-19/h1-7,10,17,21,23H,8-9,11-12H2. The van der Waals surface area contributed by atoms with E-state index in [-0.39, 0.29) is 11.4 Å². The molecule has 2 aliphatic heterocycles. The number of nitrogens with zero attached hydrogens (tertiary/aromatic N) is 1. The number of carbonyl (C=O) groups is 1. The molecule has 5 heteroatoms. The zero-order valence-corrected chi connectivity index (χ0v) is 14.0. The van der Waals surface area contributed by atoms with E-state index in [1.54, 1.807) is 0 Å². The van der Waals surface area contributed by atoms with Gasteiger partial charge in [0.05, 0.1) is 5.54 Å². The van der Waals surface area contributed by atoms with Gasteiger partial charge in [0, 0.05) is 23.7 Å². The quantitative estimate of drug-likeness (QED) is 0.882. The van der Waals surface area contributed by atoms with Crippen molar-refractivity contribution in [3.8, 4) is 11.1 Å². The van der Waals surface area contributed by atoms with Crippen LogP contribution in [0.15, 0.2) is 48.5 Å². The van der Waals surface area contributed by atoms with E-state index in [4.69, 9.17) is 11.6 Å². The molecule has 4 nitrogen and oxygen atoms in total. The third-order valence-electron chi connectivity index (χ3n) is 4.93. The molecule has 0 bridgehead atoms. The molecular weight excluding hydrogens is 324 g/mol. The number of amides is 1. The monoisotopic (exact) mass is 342 g/mol. The Morgan fingerprint density at radius 3 is 2.54 bits per heavy atom. The van der Waals surface area contributed by atoms with Crippen molar-refractivity contribution in [2.45, 2.75) is 24.6 Å². The van der Waals surface area contributed by atoms with Gasteiger partial charge in [-0.3, -0.25) is 10.1 Å². The van der Waals surface area contributed by atoms with Gasteiger partial charge in [-0.2, -0.15) is 0 Å². The lowest BCUT2D eigenvalue weighted by molar-refractivity contribution is 0.0251. The fourth-order valence-electron chi connectivity index (χ4n) is 3.64. The Bertz CT molecular complexity index is 769. The van der Waals surface area contributed by atoms with Crippen LogP contribution >= 0.6 is 11.6 Å². The Morgan fingerprint density at radius 1 is 1.17 bits per heavy atom. The van der Waals surface area contributed by atoms with Crippen LogP contribution < -0.4 is 5.32 Å². The van der Waals surface area contributed by atoms with Gasteiger partial charge in [0.15, 0.2) is 0 Å². The predicted octanol–water partition coefficient (Wildman–Crippen LogP) is 2.90. The third-order valence-corrected chi connectivity index (χ3v) is 5.17. The first-order valence-corrected chi connectivity index (χ1v) is 8.54. The number of halogens is 1. The van der Waals surface area contributed by atoms with E-state index >= 15 is 0 Å². The first kappa shape index (κ1) is 15.6. The van der Waals surface area contributed by atoms with Crippen molar-refractivity contribution in [2.75, 3.05) is 13.1 Å². The van der Waals surface area contributed by atoms with Gasteiger partial charge in [-0.05, 0) is 48.2 Å². The molecule has 2 aromatic rings. The zero-order valence-electron chi connectivity index (χ0n) is 13.2. The number of hydrogen-bond acceptors (Lipinski definition) is 3. The topological polar surface area (TPSA) is 52.6 Å². The summed E-state index contributed by atoms with van der Waals surface area (Å²) in [7, 11) is 0. The molecule has 2 aliphatic rings. The Balaban J connectivity index is 1.45. The molecule has 0 aromatic heterocycles. The number of nitrogens with one attached hydrogen (secondary N) is 1. The van der Waals surface area contributed by atoms with Crippen LogP contribution in [0.2, 0.25) is 5.02 Å². The molecule has 0 saturated carbocycles. The molecule has 2 fully saturated rings. The summed E-state index contributed by atoms with van der Waals surface area (Å²) >= 11 is 6.03. The lowest BCUT2D eigenvalue weighted by atomic mass is 9.87. The van der Waals surface area contributed by atoms with Crippen molar-refractivity contribution in [1.29, 1.82) is 0 Å². The van der Waals surface area contributed by atoms with Crippen molar-refractivity contribution >= 4 is 17.5 Å².